The van der Waals surface area contributed by atoms with Crippen LogP contribution in [-0.4, -0.2) is 10.3 Å². The SMILES string of the molecule is CC1(C)c2ccc3c4ccccc4n(C4Nc5ccccc5N=C4c4ccccc4)c3c2-c2ccc3ccccc3c2C1(C)C. The summed E-state index contributed by atoms with van der Waals surface area (Å²) in [5.74, 6) is 0. The van der Waals surface area contributed by atoms with Crippen LogP contribution in [0.4, 0.5) is 11.4 Å². The zero-order valence-electron chi connectivity index (χ0n) is 26.1. The van der Waals surface area contributed by atoms with Crippen molar-refractivity contribution in [2.24, 2.45) is 4.99 Å². The molecule has 0 fully saturated rings. The highest BCUT2D eigenvalue weighted by molar-refractivity contribution is 6.17. The average Bonchev–Trinajstić information content (AvgIpc) is 3.41. The van der Waals surface area contributed by atoms with Crippen LogP contribution in [0.1, 0.15) is 50.6 Å². The topological polar surface area (TPSA) is 29.3 Å². The van der Waals surface area contributed by atoms with E-state index in [1.807, 2.05) is 0 Å². The monoisotopic (exact) mass is 581 g/mol. The van der Waals surface area contributed by atoms with Gasteiger partial charge < -0.3 is 9.88 Å². The van der Waals surface area contributed by atoms with E-state index >= 15 is 0 Å². The van der Waals surface area contributed by atoms with Crippen LogP contribution in [0, 0.1) is 0 Å². The second kappa shape index (κ2) is 9.18. The van der Waals surface area contributed by atoms with E-state index in [2.05, 4.69) is 165 Å². The molecule has 1 aliphatic carbocycles. The van der Waals surface area contributed by atoms with E-state index < -0.39 is 0 Å². The predicted molar refractivity (Wildman–Crippen MR) is 190 cm³/mol. The number of nitrogens with one attached hydrogen (secondary N) is 1. The molecular formula is C42H35N3. The van der Waals surface area contributed by atoms with Gasteiger partial charge in [0.15, 0.2) is 0 Å². The fourth-order valence-corrected chi connectivity index (χ4v) is 8.07. The Labute approximate surface area is 263 Å². The molecule has 2 aliphatic rings. The van der Waals surface area contributed by atoms with E-state index in [1.165, 1.54) is 54.8 Å². The van der Waals surface area contributed by atoms with Crippen LogP contribution >= 0.6 is 0 Å². The van der Waals surface area contributed by atoms with Crippen molar-refractivity contribution in [3.05, 3.63) is 144 Å². The van der Waals surface area contributed by atoms with Gasteiger partial charge in [-0.25, -0.2) is 4.99 Å². The molecule has 1 aliphatic heterocycles. The van der Waals surface area contributed by atoms with Gasteiger partial charge in [0.05, 0.1) is 28.1 Å². The Morgan fingerprint density at radius 2 is 1.33 bits per heavy atom. The van der Waals surface area contributed by atoms with Crippen molar-refractivity contribution in [1.82, 2.24) is 4.57 Å². The van der Waals surface area contributed by atoms with Crippen LogP contribution in [0.15, 0.2) is 132 Å². The quantitative estimate of drug-likeness (QED) is 0.216. The normalized spacial score (nSPS) is 17.8. The minimum Gasteiger partial charge on any atom is -0.358 e. The van der Waals surface area contributed by atoms with Crippen molar-refractivity contribution in [3.63, 3.8) is 0 Å². The van der Waals surface area contributed by atoms with E-state index in [0.717, 1.165) is 22.6 Å². The lowest BCUT2D eigenvalue weighted by Gasteiger charge is -2.49. The van der Waals surface area contributed by atoms with Gasteiger partial charge >= 0.3 is 0 Å². The Kier molecular flexibility index (Phi) is 5.36. The highest BCUT2D eigenvalue weighted by atomic mass is 15.2. The summed E-state index contributed by atoms with van der Waals surface area (Å²) in [7, 11) is 0. The lowest BCUT2D eigenvalue weighted by atomic mass is 9.54. The Morgan fingerprint density at radius 3 is 2.18 bits per heavy atom. The first-order valence-corrected chi connectivity index (χ1v) is 15.9. The van der Waals surface area contributed by atoms with Crippen LogP contribution in [0.25, 0.3) is 43.7 Å². The molecular weight excluding hydrogens is 546 g/mol. The Bertz CT molecular complexity index is 2350. The fourth-order valence-electron chi connectivity index (χ4n) is 8.07. The van der Waals surface area contributed by atoms with E-state index in [4.69, 9.17) is 4.99 Å². The second-order valence-corrected chi connectivity index (χ2v) is 13.7. The molecule has 1 atom stereocenters. The zero-order valence-corrected chi connectivity index (χ0v) is 26.1. The zero-order chi connectivity index (χ0) is 30.5. The van der Waals surface area contributed by atoms with Gasteiger partial charge in [-0.2, -0.15) is 0 Å². The molecule has 45 heavy (non-hydrogen) atoms. The van der Waals surface area contributed by atoms with Crippen molar-refractivity contribution < 1.29 is 0 Å². The fraction of sp³-hybridized carbons (Fsp3) is 0.167. The molecule has 1 aromatic heterocycles. The largest absolute Gasteiger partial charge is 0.358 e. The number of rotatable bonds is 2. The summed E-state index contributed by atoms with van der Waals surface area (Å²) in [6.45, 7) is 9.73. The summed E-state index contributed by atoms with van der Waals surface area (Å²) in [6, 6.07) is 46.3. The van der Waals surface area contributed by atoms with Gasteiger partial charge in [-0.15, -0.1) is 0 Å². The van der Waals surface area contributed by atoms with Crippen molar-refractivity contribution in [2.75, 3.05) is 5.32 Å². The van der Waals surface area contributed by atoms with E-state index in [1.54, 1.807) is 0 Å². The maximum Gasteiger partial charge on any atom is 0.148 e. The van der Waals surface area contributed by atoms with Crippen molar-refractivity contribution in [1.29, 1.82) is 0 Å². The van der Waals surface area contributed by atoms with Gasteiger partial charge in [0.2, 0.25) is 0 Å². The first-order valence-electron chi connectivity index (χ1n) is 15.9. The third-order valence-corrected chi connectivity index (χ3v) is 11.0. The molecule has 6 aromatic carbocycles. The molecule has 1 N–H and O–H groups in total. The van der Waals surface area contributed by atoms with Crippen molar-refractivity contribution >= 4 is 49.7 Å². The molecule has 3 nitrogen and oxygen atoms in total. The molecule has 0 spiro atoms. The highest BCUT2D eigenvalue weighted by Crippen LogP contribution is 2.58. The van der Waals surface area contributed by atoms with Gasteiger partial charge in [-0.1, -0.05) is 137 Å². The number of hydrogen-bond acceptors (Lipinski definition) is 2. The summed E-state index contributed by atoms with van der Waals surface area (Å²) in [5.41, 5.74) is 11.9. The Morgan fingerprint density at radius 1 is 0.622 bits per heavy atom. The Hall–Kier alpha value is -5.15. The molecule has 0 saturated heterocycles. The lowest BCUT2D eigenvalue weighted by Crippen LogP contribution is -2.44. The van der Waals surface area contributed by atoms with Crippen LogP contribution in [-0.2, 0) is 10.8 Å². The van der Waals surface area contributed by atoms with Gasteiger partial charge in [0.25, 0.3) is 0 Å². The maximum absolute atomic E-state index is 5.35. The first kappa shape index (κ1) is 26.3. The summed E-state index contributed by atoms with van der Waals surface area (Å²) in [4.78, 5) is 5.35. The highest BCUT2D eigenvalue weighted by Gasteiger charge is 2.48. The number of benzene rings is 6. The number of hydrogen-bond donors (Lipinski definition) is 1. The molecule has 1 unspecified atom stereocenters. The number of fused-ring (bicyclic) bond motifs is 10. The van der Waals surface area contributed by atoms with Gasteiger partial charge in [-0.3, -0.25) is 0 Å². The minimum absolute atomic E-state index is 0.0978. The molecule has 218 valence electrons. The van der Waals surface area contributed by atoms with E-state index in [0.29, 0.717) is 0 Å². The smallest absolute Gasteiger partial charge is 0.148 e. The average molecular weight is 582 g/mol. The third-order valence-electron chi connectivity index (χ3n) is 11.0. The Balaban J connectivity index is 1.45. The van der Waals surface area contributed by atoms with Crippen LogP contribution in [0.3, 0.4) is 0 Å². The number of para-hydroxylation sites is 3. The van der Waals surface area contributed by atoms with Gasteiger partial charge in [0, 0.05) is 27.3 Å². The number of nitrogens with zero attached hydrogens (tertiary/aromatic N) is 2. The standard InChI is InChI=1S/C42H35N3/c1-41(2)32-25-24-30-29-18-10-13-21-35(29)45(40-38(27-15-6-5-7-16-27)43-33-19-11-12-20-34(33)44-40)39(30)36(32)31-23-22-26-14-8-9-17-28(26)37(31)42(41,3)4/h5-25,40,44H,1-4H3. The molecule has 9 rings (SSSR count). The van der Waals surface area contributed by atoms with Crippen LogP contribution in [0.5, 0.6) is 0 Å². The number of aliphatic imine (C=N–C) groups is 1. The molecule has 0 radical (unpaired) electrons. The van der Waals surface area contributed by atoms with E-state index in [-0.39, 0.29) is 17.0 Å². The van der Waals surface area contributed by atoms with Crippen molar-refractivity contribution in [2.45, 2.75) is 44.7 Å². The number of aromatic nitrogens is 1. The molecule has 2 heterocycles. The minimum atomic E-state index is -0.210. The van der Waals surface area contributed by atoms with Crippen LogP contribution in [0.2, 0.25) is 0 Å². The number of anilines is 1. The molecule has 0 amide bonds. The summed E-state index contributed by atoms with van der Waals surface area (Å²) < 4.78 is 2.54. The molecule has 3 heteroatoms. The first-order chi connectivity index (χ1) is 21.9. The summed E-state index contributed by atoms with van der Waals surface area (Å²) in [6.07, 6.45) is -0.210. The lowest BCUT2D eigenvalue weighted by molar-refractivity contribution is 0.301. The van der Waals surface area contributed by atoms with E-state index in [9.17, 15) is 0 Å². The third kappa shape index (κ3) is 3.50. The van der Waals surface area contributed by atoms with Crippen LogP contribution < -0.4 is 5.32 Å². The molecule has 0 bridgehead atoms. The molecule has 7 aromatic rings. The maximum atomic E-state index is 5.35. The van der Waals surface area contributed by atoms with Gasteiger partial charge in [-0.05, 0) is 51.1 Å². The second-order valence-electron chi connectivity index (χ2n) is 13.7. The predicted octanol–water partition coefficient (Wildman–Crippen LogP) is 10.9. The van der Waals surface area contributed by atoms with Crippen molar-refractivity contribution in [3.8, 4) is 11.1 Å². The summed E-state index contributed by atoms with van der Waals surface area (Å²) >= 11 is 0. The van der Waals surface area contributed by atoms with Gasteiger partial charge in [0.1, 0.15) is 6.17 Å². The molecule has 0 saturated carbocycles. The summed E-state index contributed by atoms with van der Waals surface area (Å²) in [5, 5.41) is 9.12.